The predicted octanol–water partition coefficient (Wildman–Crippen LogP) is 1.96. The second-order valence-electron chi connectivity index (χ2n) is 3.78. The fraction of sp³-hybridized carbons (Fsp3) is 1.00. The number of hydrogen-bond donors (Lipinski definition) is 1. The molecule has 1 rings (SSSR count). The Morgan fingerprint density at radius 3 is 2.23 bits per heavy atom. The van der Waals surface area contributed by atoms with Crippen LogP contribution in [0.25, 0.3) is 0 Å². The highest BCUT2D eigenvalue weighted by molar-refractivity contribution is 4.80. The molecule has 0 spiro atoms. The summed E-state index contributed by atoms with van der Waals surface area (Å²) in [5.41, 5.74) is 0. The smallest absolute Gasteiger partial charge is 0.00341 e. The second-order valence-corrected chi connectivity index (χ2v) is 3.78. The zero-order valence-corrected chi connectivity index (χ0v) is 9.93. The molecule has 1 aliphatic heterocycles. The van der Waals surface area contributed by atoms with Gasteiger partial charge in [-0.2, -0.15) is 0 Å². The maximum Gasteiger partial charge on any atom is 0.00341 e. The minimum Gasteiger partial charge on any atom is -0.314 e. The Bertz CT molecular complexity index is 107. The molecule has 0 saturated carbocycles. The molecule has 0 aromatic heterocycles. The van der Waals surface area contributed by atoms with Crippen molar-refractivity contribution < 1.29 is 0 Å². The zero-order chi connectivity index (χ0) is 10.3. The van der Waals surface area contributed by atoms with E-state index in [4.69, 9.17) is 0 Å². The third-order valence-electron chi connectivity index (χ3n) is 2.29. The first-order valence-electron chi connectivity index (χ1n) is 5.68. The van der Waals surface area contributed by atoms with Crippen molar-refractivity contribution >= 4 is 0 Å². The van der Waals surface area contributed by atoms with E-state index in [1.165, 1.54) is 26.2 Å². The van der Waals surface area contributed by atoms with Crippen molar-refractivity contribution in [3.63, 3.8) is 0 Å². The number of likely N-dealkylation sites (tertiary alicyclic amines) is 1. The van der Waals surface area contributed by atoms with Crippen LogP contribution in [0.5, 0.6) is 0 Å². The van der Waals surface area contributed by atoms with E-state index in [-0.39, 0.29) is 0 Å². The normalized spacial score (nSPS) is 18.0. The average Bonchev–Trinajstić information content (AvgIpc) is 2.05. The van der Waals surface area contributed by atoms with E-state index in [0.717, 1.165) is 5.92 Å². The van der Waals surface area contributed by atoms with Gasteiger partial charge in [0.05, 0.1) is 0 Å². The molecule has 1 aliphatic rings. The molecule has 0 radical (unpaired) electrons. The quantitative estimate of drug-likeness (QED) is 0.722. The van der Waals surface area contributed by atoms with E-state index in [2.05, 4.69) is 31.0 Å². The topological polar surface area (TPSA) is 15.3 Å². The molecule has 1 saturated heterocycles. The van der Waals surface area contributed by atoms with Crippen LogP contribution in [0.4, 0.5) is 0 Å². The van der Waals surface area contributed by atoms with Crippen molar-refractivity contribution in [1.82, 2.24) is 10.2 Å². The highest BCUT2D eigenvalue weighted by Crippen LogP contribution is 2.13. The van der Waals surface area contributed by atoms with Crippen LogP contribution in [0.15, 0.2) is 0 Å². The minimum absolute atomic E-state index is 0.644. The van der Waals surface area contributed by atoms with E-state index < -0.39 is 0 Å². The Hall–Kier alpha value is -0.0800. The summed E-state index contributed by atoms with van der Waals surface area (Å²) in [5, 5.41) is 3.47. The molecule has 2 nitrogen and oxygen atoms in total. The lowest BCUT2D eigenvalue weighted by Crippen LogP contribution is -2.51. The highest BCUT2D eigenvalue weighted by atomic mass is 15.2. The summed E-state index contributed by atoms with van der Waals surface area (Å²) >= 11 is 0. The summed E-state index contributed by atoms with van der Waals surface area (Å²) in [6.07, 6.45) is 0. The van der Waals surface area contributed by atoms with E-state index in [1.807, 2.05) is 13.8 Å². The molecule has 2 heteroatoms. The standard InChI is InChI=1S/C9H20N2.C2H6/c1-4-11-6-9(7-11)5-10-8(2)3;1-2/h8-10H,4-7H2,1-3H3;1-2H3. The summed E-state index contributed by atoms with van der Waals surface area (Å²) in [6.45, 7) is 15.7. The van der Waals surface area contributed by atoms with Gasteiger partial charge >= 0.3 is 0 Å². The molecule has 1 fully saturated rings. The highest BCUT2D eigenvalue weighted by Gasteiger charge is 2.24. The molecule has 0 unspecified atom stereocenters. The zero-order valence-electron chi connectivity index (χ0n) is 9.93. The van der Waals surface area contributed by atoms with Gasteiger partial charge in [-0.15, -0.1) is 0 Å². The van der Waals surface area contributed by atoms with Gasteiger partial charge in [0.15, 0.2) is 0 Å². The lowest BCUT2D eigenvalue weighted by Gasteiger charge is -2.39. The molecule has 80 valence electrons. The van der Waals surface area contributed by atoms with Crippen molar-refractivity contribution in [2.45, 2.75) is 40.7 Å². The van der Waals surface area contributed by atoms with Gasteiger partial charge in [-0.1, -0.05) is 34.6 Å². The Labute approximate surface area is 83.7 Å². The lowest BCUT2D eigenvalue weighted by atomic mass is 10.0. The second kappa shape index (κ2) is 7.34. The van der Waals surface area contributed by atoms with Crippen LogP contribution in [0.2, 0.25) is 0 Å². The summed E-state index contributed by atoms with van der Waals surface area (Å²) in [7, 11) is 0. The van der Waals surface area contributed by atoms with Crippen molar-refractivity contribution in [1.29, 1.82) is 0 Å². The van der Waals surface area contributed by atoms with Gasteiger partial charge in [0.1, 0.15) is 0 Å². The molecule has 0 aromatic rings. The summed E-state index contributed by atoms with van der Waals surface area (Å²) < 4.78 is 0. The fourth-order valence-corrected chi connectivity index (χ4v) is 1.47. The monoisotopic (exact) mass is 186 g/mol. The van der Waals surface area contributed by atoms with Gasteiger partial charge in [-0.25, -0.2) is 0 Å². The Morgan fingerprint density at radius 2 is 1.85 bits per heavy atom. The van der Waals surface area contributed by atoms with E-state index in [9.17, 15) is 0 Å². The molecule has 0 aliphatic carbocycles. The first-order valence-corrected chi connectivity index (χ1v) is 5.68. The van der Waals surface area contributed by atoms with Crippen molar-refractivity contribution in [3.05, 3.63) is 0 Å². The maximum absolute atomic E-state index is 3.47. The van der Waals surface area contributed by atoms with Crippen molar-refractivity contribution in [2.75, 3.05) is 26.2 Å². The Balaban J connectivity index is 0.000000671. The van der Waals surface area contributed by atoms with E-state index in [1.54, 1.807) is 0 Å². The summed E-state index contributed by atoms with van der Waals surface area (Å²) in [4.78, 5) is 2.48. The largest absolute Gasteiger partial charge is 0.314 e. The molecular formula is C11H26N2. The van der Waals surface area contributed by atoms with Crippen LogP contribution < -0.4 is 5.32 Å². The van der Waals surface area contributed by atoms with Crippen LogP contribution >= 0.6 is 0 Å². The maximum atomic E-state index is 3.47. The molecule has 0 bridgehead atoms. The fourth-order valence-electron chi connectivity index (χ4n) is 1.47. The van der Waals surface area contributed by atoms with Gasteiger partial charge in [-0.05, 0) is 12.5 Å². The average molecular weight is 186 g/mol. The molecule has 1 heterocycles. The molecule has 0 amide bonds. The summed E-state index contributed by atoms with van der Waals surface area (Å²) in [5.74, 6) is 0.914. The molecule has 0 atom stereocenters. The van der Waals surface area contributed by atoms with Gasteiger partial charge in [0, 0.05) is 25.7 Å². The predicted molar refractivity (Wildman–Crippen MR) is 60.1 cm³/mol. The Morgan fingerprint density at radius 1 is 1.31 bits per heavy atom. The van der Waals surface area contributed by atoms with Crippen LogP contribution in [0, 0.1) is 5.92 Å². The first-order chi connectivity index (χ1) is 6.22. The molecule has 13 heavy (non-hydrogen) atoms. The first kappa shape index (κ1) is 12.9. The molecule has 0 aromatic carbocycles. The van der Waals surface area contributed by atoms with Crippen LogP contribution in [-0.4, -0.2) is 37.1 Å². The van der Waals surface area contributed by atoms with Crippen LogP contribution in [0.1, 0.15) is 34.6 Å². The van der Waals surface area contributed by atoms with Gasteiger partial charge in [-0.3, -0.25) is 0 Å². The summed E-state index contributed by atoms with van der Waals surface area (Å²) in [6, 6.07) is 0.644. The van der Waals surface area contributed by atoms with Gasteiger partial charge in [0.25, 0.3) is 0 Å². The van der Waals surface area contributed by atoms with E-state index >= 15 is 0 Å². The van der Waals surface area contributed by atoms with E-state index in [0.29, 0.717) is 6.04 Å². The number of nitrogens with zero attached hydrogens (tertiary/aromatic N) is 1. The third kappa shape index (κ3) is 5.27. The molecule has 1 N–H and O–H groups in total. The van der Waals surface area contributed by atoms with Gasteiger partial charge in [0.2, 0.25) is 0 Å². The minimum atomic E-state index is 0.644. The Kier molecular flexibility index (Phi) is 7.29. The third-order valence-corrected chi connectivity index (χ3v) is 2.29. The van der Waals surface area contributed by atoms with Crippen molar-refractivity contribution in [3.8, 4) is 0 Å². The molecular weight excluding hydrogens is 160 g/mol. The van der Waals surface area contributed by atoms with Crippen LogP contribution in [-0.2, 0) is 0 Å². The van der Waals surface area contributed by atoms with Crippen LogP contribution in [0.3, 0.4) is 0 Å². The van der Waals surface area contributed by atoms with Gasteiger partial charge < -0.3 is 10.2 Å². The number of nitrogens with one attached hydrogen (secondary N) is 1. The lowest BCUT2D eigenvalue weighted by molar-refractivity contribution is 0.105. The SMILES string of the molecule is CC.CCN1CC(CNC(C)C)C1. The number of hydrogen-bond acceptors (Lipinski definition) is 2. The number of rotatable bonds is 4. The van der Waals surface area contributed by atoms with Crippen molar-refractivity contribution in [2.24, 2.45) is 5.92 Å².